The minimum atomic E-state index is -0.0867. The zero-order valence-electron chi connectivity index (χ0n) is 15.3. The predicted molar refractivity (Wildman–Crippen MR) is 116 cm³/mol. The van der Waals surface area contributed by atoms with E-state index in [9.17, 15) is 9.59 Å². The van der Waals surface area contributed by atoms with Crippen LogP contribution in [0.4, 0.5) is 0 Å². The van der Waals surface area contributed by atoms with Crippen LogP contribution in [0, 0.1) is 6.92 Å². The highest BCUT2D eigenvalue weighted by atomic mass is 32.2. The van der Waals surface area contributed by atoms with E-state index >= 15 is 0 Å². The van der Waals surface area contributed by atoms with E-state index in [1.807, 2.05) is 67.6 Å². The minimum absolute atomic E-state index is 0.0526. The number of thioether (sulfide) groups is 1. The SMILES string of the molecule is Cc1ccc(C(=O)CSc2nc3ccccc3c(=O)n2Cc2ccccc2)s1. The van der Waals surface area contributed by atoms with E-state index < -0.39 is 0 Å². The fourth-order valence-electron chi connectivity index (χ4n) is 2.95. The Balaban J connectivity index is 1.70. The van der Waals surface area contributed by atoms with Gasteiger partial charge in [0.2, 0.25) is 0 Å². The molecule has 4 rings (SSSR count). The number of carbonyl (C=O) groups excluding carboxylic acids is 1. The van der Waals surface area contributed by atoms with Crippen LogP contribution < -0.4 is 5.56 Å². The van der Waals surface area contributed by atoms with Crippen LogP contribution in [0.3, 0.4) is 0 Å². The average molecular weight is 407 g/mol. The molecule has 0 bridgehead atoms. The predicted octanol–water partition coefficient (Wildman–Crippen LogP) is 4.79. The van der Waals surface area contributed by atoms with Crippen LogP contribution in [0.2, 0.25) is 0 Å². The quantitative estimate of drug-likeness (QED) is 0.262. The average Bonchev–Trinajstić information content (AvgIpc) is 3.16. The molecule has 0 amide bonds. The molecule has 4 nitrogen and oxygen atoms in total. The molecule has 0 aliphatic carbocycles. The van der Waals surface area contributed by atoms with Gasteiger partial charge in [0, 0.05) is 4.88 Å². The van der Waals surface area contributed by atoms with E-state index in [-0.39, 0.29) is 17.1 Å². The minimum Gasteiger partial charge on any atom is -0.292 e. The Hall–Kier alpha value is -2.70. The number of fused-ring (bicyclic) bond motifs is 1. The standard InChI is InChI=1S/C22H18N2O2S2/c1-15-11-12-20(28-15)19(25)14-27-22-23-18-10-6-5-9-17(18)21(26)24(22)13-16-7-3-2-4-8-16/h2-12H,13-14H2,1H3. The molecule has 4 aromatic rings. The molecule has 6 heteroatoms. The van der Waals surface area contributed by atoms with Gasteiger partial charge in [-0.25, -0.2) is 4.98 Å². The second kappa shape index (κ2) is 8.12. The molecule has 0 spiro atoms. The zero-order valence-corrected chi connectivity index (χ0v) is 16.9. The summed E-state index contributed by atoms with van der Waals surface area (Å²) in [6, 6.07) is 20.9. The monoisotopic (exact) mass is 406 g/mol. The maximum Gasteiger partial charge on any atom is 0.262 e. The van der Waals surface area contributed by atoms with Gasteiger partial charge in [-0.05, 0) is 36.8 Å². The Kier molecular flexibility index (Phi) is 5.41. The number of aromatic nitrogens is 2. The van der Waals surface area contributed by atoms with Crippen molar-refractivity contribution in [2.24, 2.45) is 0 Å². The second-order valence-electron chi connectivity index (χ2n) is 6.41. The molecular weight excluding hydrogens is 388 g/mol. The van der Waals surface area contributed by atoms with Gasteiger partial charge >= 0.3 is 0 Å². The summed E-state index contributed by atoms with van der Waals surface area (Å²) in [6.45, 7) is 2.41. The molecule has 0 saturated carbocycles. The van der Waals surface area contributed by atoms with Gasteiger partial charge in [0.25, 0.3) is 5.56 Å². The van der Waals surface area contributed by atoms with E-state index in [0.29, 0.717) is 22.6 Å². The molecule has 140 valence electrons. The van der Waals surface area contributed by atoms with Gasteiger partial charge in [0.1, 0.15) is 0 Å². The van der Waals surface area contributed by atoms with Crippen LogP contribution in [-0.4, -0.2) is 21.1 Å². The Morgan fingerprint density at radius 3 is 2.54 bits per heavy atom. The van der Waals surface area contributed by atoms with E-state index in [1.165, 1.54) is 23.1 Å². The van der Waals surface area contributed by atoms with Crippen molar-refractivity contribution in [2.75, 3.05) is 5.75 Å². The Morgan fingerprint density at radius 1 is 1.04 bits per heavy atom. The maximum atomic E-state index is 13.1. The highest BCUT2D eigenvalue weighted by Gasteiger charge is 2.15. The van der Waals surface area contributed by atoms with E-state index in [4.69, 9.17) is 0 Å². The van der Waals surface area contributed by atoms with Gasteiger partial charge in [-0.3, -0.25) is 14.2 Å². The summed E-state index contributed by atoms with van der Waals surface area (Å²) in [6.07, 6.45) is 0. The lowest BCUT2D eigenvalue weighted by Crippen LogP contribution is -2.24. The molecule has 2 heterocycles. The smallest absolute Gasteiger partial charge is 0.262 e. The number of rotatable bonds is 6. The Morgan fingerprint density at radius 2 is 1.79 bits per heavy atom. The van der Waals surface area contributed by atoms with E-state index in [1.54, 1.807) is 10.6 Å². The van der Waals surface area contributed by atoms with Crippen molar-refractivity contribution in [1.29, 1.82) is 0 Å². The first-order valence-corrected chi connectivity index (χ1v) is 10.7. The van der Waals surface area contributed by atoms with Gasteiger partial charge < -0.3 is 0 Å². The third-order valence-corrected chi connectivity index (χ3v) is 6.38. The summed E-state index contributed by atoms with van der Waals surface area (Å²) >= 11 is 2.81. The number of hydrogen-bond acceptors (Lipinski definition) is 5. The van der Waals surface area contributed by atoms with Crippen molar-refractivity contribution in [3.05, 3.63) is 92.4 Å². The third kappa shape index (κ3) is 3.93. The number of thiophene rings is 1. The molecule has 0 radical (unpaired) electrons. The lowest BCUT2D eigenvalue weighted by Gasteiger charge is -2.13. The summed E-state index contributed by atoms with van der Waals surface area (Å²) in [5, 5.41) is 1.15. The first-order valence-electron chi connectivity index (χ1n) is 8.88. The van der Waals surface area contributed by atoms with Gasteiger partial charge in [-0.2, -0.15) is 0 Å². The topological polar surface area (TPSA) is 52.0 Å². The van der Waals surface area contributed by atoms with Gasteiger partial charge in [-0.15, -0.1) is 11.3 Å². The molecule has 0 aliphatic heterocycles. The molecule has 0 saturated heterocycles. The van der Waals surface area contributed by atoms with Crippen molar-refractivity contribution in [1.82, 2.24) is 9.55 Å². The van der Waals surface area contributed by atoms with Crippen molar-refractivity contribution in [3.63, 3.8) is 0 Å². The summed E-state index contributed by atoms with van der Waals surface area (Å²) in [4.78, 5) is 32.2. The first-order chi connectivity index (χ1) is 13.6. The third-order valence-electron chi connectivity index (χ3n) is 4.36. The first kappa shape index (κ1) is 18.7. The molecular formula is C22H18N2O2S2. The highest BCUT2D eigenvalue weighted by molar-refractivity contribution is 7.99. The summed E-state index contributed by atoms with van der Waals surface area (Å²) in [7, 11) is 0. The Bertz CT molecular complexity index is 1200. The maximum absolute atomic E-state index is 13.1. The summed E-state index contributed by atoms with van der Waals surface area (Å²) < 4.78 is 1.66. The number of nitrogens with zero attached hydrogens (tertiary/aromatic N) is 2. The van der Waals surface area contributed by atoms with Crippen molar-refractivity contribution >= 4 is 39.8 Å². The van der Waals surface area contributed by atoms with Crippen LogP contribution in [0.15, 0.2) is 76.7 Å². The molecule has 0 unspecified atom stereocenters. The number of ketones is 1. The molecule has 0 N–H and O–H groups in total. The second-order valence-corrected chi connectivity index (χ2v) is 8.64. The number of carbonyl (C=O) groups is 1. The molecule has 2 aromatic carbocycles. The normalized spacial score (nSPS) is 11.0. The van der Waals surface area contributed by atoms with Crippen LogP contribution >= 0.6 is 23.1 Å². The molecule has 0 atom stereocenters. The van der Waals surface area contributed by atoms with Crippen molar-refractivity contribution < 1.29 is 4.79 Å². The van der Waals surface area contributed by atoms with E-state index in [0.717, 1.165) is 15.3 Å². The van der Waals surface area contributed by atoms with Crippen LogP contribution in [0.1, 0.15) is 20.1 Å². The van der Waals surface area contributed by atoms with Gasteiger partial charge in [0.15, 0.2) is 10.9 Å². The number of benzene rings is 2. The zero-order chi connectivity index (χ0) is 19.5. The lowest BCUT2D eigenvalue weighted by atomic mass is 10.2. The number of Topliss-reactive ketones (excluding diaryl/α,β-unsaturated/α-hetero) is 1. The fraction of sp³-hybridized carbons (Fsp3) is 0.136. The summed E-state index contributed by atoms with van der Waals surface area (Å²) in [5.41, 5.74) is 1.58. The number of aryl methyl sites for hydroxylation is 1. The largest absolute Gasteiger partial charge is 0.292 e. The fourth-order valence-corrected chi connectivity index (χ4v) is 4.73. The molecule has 0 fully saturated rings. The Labute approximate surface area is 170 Å². The van der Waals surface area contributed by atoms with Gasteiger partial charge in [0.05, 0.1) is 28.1 Å². The number of para-hydroxylation sites is 1. The van der Waals surface area contributed by atoms with Gasteiger partial charge in [-0.1, -0.05) is 54.2 Å². The molecule has 0 aliphatic rings. The van der Waals surface area contributed by atoms with Crippen molar-refractivity contribution in [2.45, 2.75) is 18.6 Å². The van der Waals surface area contributed by atoms with Crippen molar-refractivity contribution in [3.8, 4) is 0 Å². The molecule has 28 heavy (non-hydrogen) atoms. The van der Waals surface area contributed by atoms with E-state index in [2.05, 4.69) is 4.98 Å². The van der Waals surface area contributed by atoms with Crippen LogP contribution in [-0.2, 0) is 6.54 Å². The van der Waals surface area contributed by atoms with Crippen LogP contribution in [0.5, 0.6) is 0 Å². The highest BCUT2D eigenvalue weighted by Crippen LogP contribution is 2.22. The number of hydrogen-bond donors (Lipinski definition) is 0. The van der Waals surface area contributed by atoms with Crippen LogP contribution in [0.25, 0.3) is 10.9 Å². The summed E-state index contributed by atoms with van der Waals surface area (Å²) in [5.74, 6) is 0.302. The molecule has 2 aromatic heterocycles. The lowest BCUT2D eigenvalue weighted by molar-refractivity contribution is 0.102.